The Morgan fingerprint density at radius 2 is 2.17 bits per heavy atom. The molecule has 1 heterocycles. The number of benzene rings is 1. The number of aliphatic carboxylic acids is 1. The van der Waals surface area contributed by atoms with Crippen molar-refractivity contribution < 1.29 is 9.90 Å². The van der Waals surface area contributed by atoms with Crippen molar-refractivity contribution in [1.82, 2.24) is 14.8 Å². The predicted octanol–water partition coefficient (Wildman–Crippen LogP) is 2.06. The number of hydrogen-bond acceptors (Lipinski definition) is 4. The fourth-order valence-corrected chi connectivity index (χ4v) is 2.33. The van der Waals surface area contributed by atoms with E-state index in [0.717, 1.165) is 5.56 Å². The van der Waals surface area contributed by atoms with Crippen molar-refractivity contribution in [1.29, 1.82) is 0 Å². The molecule has 0 aliphatic rings. The summed E-state index contributed by atoms with van der Waals surface area (Å²) in [6, 6.07) is 10.0. The molecule has 18 heavy (non-hydrogen) atoms. The molecule has 0 radical (unpaired) electrons. The lowest BCUT2D eigenvalue weighted by Crippen LogP contribution is -2.08. The molecule has 2 aromatic rings. The van der Waals surface area contributed by atoms with Crippen molar-refractivity contribution in [3.8, 4) is 0 Å². The number of aromatic nitrogens is 3. The SMILES string of the molecule is CC(c1ccccc1)n1cnnc1SCC(=O)O. The maximum absolute atomic E-state index is 10.6. The third-order valence-electron chi connectivity index (χ3n) is 2.56. The van der Waals surface area contributed by atoms with Gasteiger partial charge in [-0.3, -0.25) is 4.79 Å². The lowest BCUT2D eigenvalue weighted by molar-refractivity contribution is -0.133. The topological polar surface area (TPSA) is 68.0 Å². The number of carboxylic acid groups (broad SMARTS) is 1. The van der Waals surface area contributed by atoms with Crippen LogP contribution in [0.1, 0.15) is 18.5 Å². The minimum absolute atomic E-state index is 0.0137. The Morgan fingerprint density at radius 3 is 2.83 bits per heavy atom. The van der Waals surface area contributed by atoms with Crippen LogP contribution in [-0.2, 0) is 4.79 Å². The van der Waals surface area contributed by atoms with Gasteiger partial charge in [0.25, 0.3) is 0 Å². The minimum Gasteiger partial charge on any atom is -0.481 e. The lowest BCUT2D eigenvalue weighted by Gasteiger charge is -2.14. The van der Waals surface area contributed by atoms with Crippen LogP contribution in [0.25, 0.3) is 0 Å². The number of carboxylic acids is 1. The van der Waals surface area contributed by atoms with Crippen LogP contribution in [0, 0.1) is 0 Å². The molecule has 0 bridgehead atoms. The number of hydrogen-bond donors (Lipinski definition) is 1. The average molecular weight is 263 g/mol. The molecule has 1 aromatic carbocycles. The van der Waals surface area contributed by atoms with Gasteiger partial charge in [-0.1, -0.05) is 42.1 Å². The highest BCUT2D eigenvalue weighted by Crippen LogP contribution is 2.23. The summed E-state index contributed by atoms with van der Waals surface area (Å²) in [6.07, 6.45) is 1.63. The normalized spacial score (nSPS) is 12.3. The largest absolute Gasteiger partial charge is 0.481 e. The van der Waals surface area contributed by atoms with Crippen LogP contribution in [0.2, 0.25) is 0 Å². The van der Waals surface area contributed by atoms with Gasteiger partial charge in [0.15, 0.2) is 5.16 Å². The zero-order valence-electron chi connectivity index (χ0n) is 9.85. The molecule has 5 nitrogen and oxygen atoms in total. The first kappa shape index (κ1) is 12.6. The van der Waals surface area contributed by atoms with E-state index in [0.29, 0.717) is 5.16 Å². The van der Waals surface area contributed by atoms with Gasteiger partial charge in [-0.05, 0) is 12.5 Å². The molecule has 2 rings (SSSR count). The van der Waals surface area contributed by atoms with Gasteiger partial charge in [0, 0.05) is 0 Å². The van der Waals surface area contributed by atoms with E-state index in [9.17, 15) is 4.79 Å². The van der Waals surface area contributed by atoms with Crippen LogP contribution in [0.15, 0.2) is 41.8 Å². The van der Waals surface area contributed by atoms with Crippen LogP contribution >= 0.6 is 11.8 Å². The van der Waals surface area contributed by atoms with E-state index >= 15 is 0 Å². The second kappa shape index (κ2) is 5.68. The first-order chi connectivity index (χ1) is 8.68. The maximum atomic E-state index is 10.6. The van der Waals surface area contributed by atoms with Crippen molar-refractivity contribution in [3.63, 3.8) is 0 Å². The van der Waals surface area contributed by atoms with Gasteiger partial charge in [-0.15, -0.1) is 10.2 Å². The molecule has 1 N–H and O–H groups in total. The van der Waals surface area contributed by atoms with Gasteiger partial charge >= 0.3 is 5.97 Å². The maximum Gasteiger partial charge on any atom is 0.313 e. The van der Waals surface area contributed by atoms with Crippen molar-refractivity contribution in [2.45, 2.75) is 18.1 Å². The Hall–Kier alpha value is -1.82. The van der Waals surface area contributed by atoms with Crippen molar-refractivity contribution >= 4 is 17.7 Å². The van der Waals surface area contributed by atoms with Gasteiger partial charge in [-0.25, -0.2) is 0 Å². The van der Waals surface area contributed by atoms with Crippen LogP contribution < -0.4 is 0 Å². The molecule has 94 valence electrons. The fourth-order valence-electron chi connectivity index (χ4n) is 1.62. The minimum atomic E-state index is -0.859. The Bertz CT molecular complexity index is 527. The summed E-state index contributed by atoms with van der Waals surface area (Å²) in [5.41, 5.74) is 1.13. The Balaban J connectivity index is 2.18. The van der Waals surface area contributed by atoms with Crippen molar-refractivity contribution in [2.24, 2.45) is 0 Å². The van der Waals surface area contributed by atoms with Gasteiger partial charge < -0.3 is 9.67 Å². The molecule has 0 saturated heterocycles. The molecule has 1 unspecified atom stereocenters. The Labute approximate surface area is 109 Å². The lowest BCUT2D eigenvalue weighted by atomic mass is 10.1. The molecule has 0 aliphatic carbocycles. The van der Waals surface area contributed by atoms with Gasteiger partial charge in [0.1, 0.15) is 6.33 Å². The molecular weight excluding hydrogens is 250 g/mol. The van der Waals surface area contributed by atoms with E-state index < -0.39 is 5.97 Å². The van der Waals surface area contributed by atoms with Crippen LogP contribution in [0.3, 0.4) is 0 Å². The number of nitrogens with zero attached hydrogens (tertiary/aromatic N) is 3. The smallest absolute Gasteiger partial charge is 0.313 e. The molecular formula is C12H13N3O2S. The molecule has 6 heteroatoms. The number of rotatable bonds is 5. The van der Waals surface area contributed by atoms with E-state index in [-0.39, 0.29) is 11.8 Å². The molecule has 1 atom stereocenters. The van der Waals surface area contributed by atoms with Gasteiger partial charge in [-0.2, -0.15) is 0 Å². The highest BCUT2D eigenvalue weighted by atomic mass is 32.2. The number of thioether (sulfide) groups is 1. The predicted molar refractivity (Wildman–Crippen MR) is 68.6 cm³/mol. The zero-order valence-corrected chi connectivity index (χ0v) is 10.7. The summed E-state index contributed by atoms with van der Waals surface area (Å²) in [7, 11) is 0. The summed E-state index contributed by atoms with van der Waals surface area (Å²) >= 11 is 1.17. The van der Waals surface area contributed by atoms with Crippen LogP contribution in [0.4, 0.5) is 0 Å². The third kappa shape index (κ3) is 2.89. The summed E-state index contributed by atoms with van der Waals surface area (Å²) in [5, 5.41) is 17.1. The molecule has 0 amide bonds. The monoisotopic (exact) mass is 263 g/mol. The highest BCUT2D eigenvalue weighted by Gasteiger charge is 2.14. The molecule has 0 spiro atoms. The standard InChI is InChI=1S/C12H13N3O2S/c1-9(10-5-3-2-4-6-10)15-8-13-14-12(15)18-7-11(16)17/h2-6,8-9H,7H2,1H3,(H,16,17). The van der Waals surface area contributed by atoms with Crippen molar-refractivity contribution in [3.05, 3.63) is 42.2 Å². The zero-order chi connectivity index (χ0) is 13.0. The van der Waals surface area contributed by atoms with Crippen LogP contribution in [-0.4, -0.2) is 31.6 Å². The number of carbonyl (C=O) groups is 1. The highest BCUT2D eigenvalue weighted by molar-refractivity contribution is 7.99. The van der Waals surface area contributed by atoms with E-state index in [1.165, 1.54) is 11.8 Å². The van der Waals surface area contributed by atoms with Gasteiger partial charge in [0.2, 0.25) is 0 Å². The third-order valence-corrected chi connectivity index (χ3v) is 3.51. The molecule has 0 saturated carbocycles. The summed E-state index contributed by atoms with van der Waals surface area (Å²) in [5.74, 6) is -0.873. The Morgan fingerprint density at radius 1 is 1.44 bits per heavy atom. The van der Waals surface area contributed by atoms with E-state index in [1.54, 1.807) is 6.33 Å². The van der Waals surface area contributed by atoms with E-state index in [2.05, 4.69) is 10.2 Å². The second-order valence-corrected chi connectivity index (χ2v) is 4.73. The van der Waals surface area contributed by atoms with E-state index in [1.807, 2.05) is 41.8 Å². The summed E-state index contributed by atoms with van der Waals surface area (Å²) < 4.78 is 1.88. The summed E-state index contributed by atoms with van der Waals surface area (Å²) in [6.45, 7) is 2.03. The Kier molecular flexibility index (Phi) is 3.99. The quantitative estimate of drug-likeness (QED) is 0.836. The molecule has 0 aliphatic heterocycles. The first-order valence-electron chi connectivity index (χ1n) is 5.47. The fraction of sp³-hybridized carbons (Fsp3) is 0.250. The first-order valence-corrected chi connectivity index (χ1v) is 6.46. The van der Waals surface area contributed by atoms with E-state index in [4.69, 9.17) is 5.11 Å². The molecule has 1 aromatic heterocycles. The van der Waals surface area contributed by atoms with Crippen LogP contribution in [0.5, 0.6) is 0 Å². The van der Waals surface area contributed by atoms with Gasteiger partial charge in [0.05, 0.1) is 11.8 Å². The molecule has 0 fully saturated rings. The summed E-state index contributed by atoms with van der Waals surface area (Å²) in [4.78, 5) is 10.6. The van der Waals surface area contributed by atoms with Crippen molar-refractivity contribution in [2.75, 3.05) is 5.75 Å². The second-order valence-electron chi connectivity index (χ2n) is 3.79. The average Bonchev–Trinajstić information content (AvgIpc) is 2.85.